The van der Waals surface area contributed by atoms with Gasteiger partial charge in [-0.1, -0.05) is 12.8 Å². The summed E-state index contributed by atoms with van der Waals surface area (Å²) < 4.78 is 0. The molecule has 0 bridgehead atoms. The molecule has 1 aliphatic carbocycles. The van der Waals surface area contributed by atoms with Crippen LogP contribution in [-0.2, 0) is 9.59 Å². The van der Waals surface area contributed by atoms with E-state index in [4.69, 9.17) is 10.2 Å². The minimum atomic E-state index is -1.50. The van der Waals surface area contributed by atoms with E-state index >= 15 is 0 Å². The Morgan fingerprint density at radius 2 is 1.93 bits per heavy atom. The van der Waals surface area contributed by atoms with Gasteiger partial charge in [0.2, 0.25) is 5.91 Å². The molecule has 1 rings (SSSR count). The maximum Gasteiger partial charge on any atom is 0.334 e. The van der Waals surface area contributed by atoms with Crippen molar-refractivity contribution in [1.82, 2.24) is 5.32 Å². The smallest absolute Gasteiger partial charge is 0.334 e. The van der Waals surface area contributed by atoms with E-state index in [0.717, 1.165) is 25.7 Å². The highest BCUT2D eigenvalue weighted by molar-refractivity contribution is 5.80. The van der Waals surface area contributed by atoms with Crippen LogP contribution in [0.2, 0.25) is 0 Å². The van der Waals surface area contributed by atoms with Gasteiger partial charge in [0.15, 0.2) is 6.10 Å². The van der Waals surface area contributed by atoms with Gasteiger partial charge in [-0.2, -0.15) is 0 Å². The molecule has 0 heterocycles. The summed E-state index contributed by atoms with van der Waals surface area (Å²) in [5.41, 5.74) is 0. The lowest BCUT2D eigenvalue weighted by Gasteiger charge is -2.11. The highest BCUT2D eigenvalue weighted by atomic mass is 16.4. The fraction of sp³-hybridized carbons (Fsp3) is 0.778. The summed E-state index contributed by atoms with van der Waals surface area (Å²) >= 11 is 0. The van der Waals surface area contributed by atoms with Gasteiger partial charge in [-0.25, -0.2) is 4.79 Å². The normalized spacial score (nSPS) is 19.2. The van der Waals surface area contributed by atoms with Gasteiger partial charge in [-0.15, -0.1) is 0 Å². The molecule has 5 heteroatoms. The van der Waals surface area contributed by atoms with Crippen LogP contribution in [0.15, 0.2) is 0 Å². The molecular weight excluding hydrogens is 186 g/mol. The molecular formula is C9H15NO4. The molecule has 0 aromatic rings. The third-order valence-electron chi connectivity index (χ3n) is 2.48. The summed E-state index contributed by atoms with van der Waals surface area (Å²) in [6, 6.07) is 0. The van der Waals surface area contributed by atoms with Crippen molar-refractivity contribution in [2.24, 2.45) is 5.92 Å². The Balaban J connectivity index is 2.23. The van der Waals surface area contributed by atoms with Crippen molar-refractivity contribution in [3.05, 3.63) is 0 Å². The zero-order valence-corrected chi connectivity index (χ0v) is 7.90. The SMILES string of the molecule is O=C(NC[C@H](O)C(=O)O)C1CCCC1. The second kappa shape index (κ2) is 4.95. The van der Waals surface area contributed by atoms with Crippen LogP contribution in [0.5, 0.6) is 0 Å². The monoisotopic (exact) mass is 201 g/mol. The number of amides is 1. The van der Waals surface area contributed by atoms with Gasteiger partial charge in [0, 0.05) is 5.92 Å². The minimum Gasteiger partial charge on any atom is -0.479 e. The maximum absolute atomic E-state index is 11.4. The quantitative estimate of drug-likeness (QED) is 0.584. The van der Waals surface area contributed by atoms with Crippen molar-refractivity contribution in [2.45, 2.75) is 31.8 Å². The van der Waals surface area contributed by atoms with E-state index < -0.39 is 12.1 Å². The first-order valence-electron chi connectivity index (χ1n) is 4.80. The lowest BCUT2D eigenvalue weighted by molar-refractivity contribution is -0.146. The fourth-order valence-corrected chi connectivity index (χ4v) is 1.62. The highest BCUT2D eigenvalue weighted by Crippen LogP contribution is 2.24. The van der Waals surface area contributed by atoms with Crippen molar-refractivity contribution in [3.8, 4) is 0 Å². The standard InChI is InChI=1S/C9H15NO4/c11-7(9(13)14)5-10-8(12)6-3-1-2-4-6/h6-7,11H,1-5H2,(H,10,12)(H,13,14)/t7-/m0/s1. The fourth-order valence-electron chi connectivity index (χ4n) is 1.62. The molecule has 0 aromatic carbocycles. The Labute approximate surface area is 82.1 Å². The third kappa shape index (κ3) is 2.99. The Morgan fingerprint density at radius 1 is 1.36 bits per heavy atom. The number of carboxylic acid groups (broad SMARTS) is 1. The molecule has 1 atom stereocenters. The van der Waals surface area contributed by atoms with Gasteiger partial charge < -0.3 is 15.5 Å². The average Bonchev–Trinajstić information content (AvgIpc) is 2.66. The lowest BCUT2D eigenvalue weighted by atomic mass is 10.1. The number of hydrogen-bond acceptors (Lipinski definition) is 3. The Bertz CT molecular complexity index is 223. The van der Waals surface area contributed by atoms with Crippen LogP contribution in [-0.4, -0.2) is 34.7 Å². The summed E-state index contributed by atoms with van der Waals surface area (Å²) in [6.07, 6.45) is 2.35. The largest absolute Gasteiger partial charge is 0.479 e. The van der Waals surface area contributed by atoms with Crippen LogP contribution >= 0.6 is 0 Å². The first-order chi connectivity index (χ1) is 6.61. The first kappa shape index (κ1) is 11.0. The molecule has 1 amide bonds. The Hall–Kier alpha value is -1.10. The van der Waals surface area contributed by atoms with E-state index in [1.54, 1.807) is 0 Å². The van der Waals surface area contributed by atoms with E-state index in [1.807, 2.05) is 0 Å². The van der Waals surface area contributed by atoms with Crippen LogP contribution in [0.4, 0.5) is 0 Å². The minimum absolute atomic E-state index is 0.0102. The Kier molecular flexibility index (Phi) is 3.88. The predicted octanol–water partition coefficient (Wildman–Crippen LogP) is -0.262. The van der Waals surface area contributed by atoms with Crippen molar-refractivity contribution in [1.29, 1.82) is 0 Å². The molecule has 1 saturated carbocycles. The number of carbonyl (C=O) groups excluding carboxylic acids is 1. The van der Waals surface area contributed by atoms with Crippen molar-refractivity contribution in [2.75, 3.05) is 6.54 Å². The van der Waals surface area contributed by atoms with E-state index in [1.165, 1.54) is 0 Å². The Morgan fingerprint density at radius 3 is 2.43 bits per heavy atom. The first-order valence-corrected chi connectivity index (χ1v) is 4.80. The number of rotatable bonds is 4. The number of aliphatic carboxylic acids is 1. The summed E-state index contributed by atoms with van der Waals surface area (Å²) in [7, 11) is 0. The van der Waals surface area contributed by atoms with E-state index in [0.29, 0.717) is 0 Å². The van der Waals surface area contributed by atoms with Crippen molar-refractivity contribution < 1.29 is 19.8 Å². The molecule has 0 unspecified atom stereocenters. The van der Waals surface area contributed by atoms with Crippen LogP contribution < -0.4 is 5.32 Å². The summed E-state index contributed by atoms with van der Waals surface area (Å²) in [5.74, 6) is -1.43. The van der Waals surface area contributed by atoms with Crippen LogP contribution in [0, 0.1) is 5.92 Å². The number of aliphatic hydroxyl groups is 1. The van der Waals surface area contributed by atoms with Gasteiger partial charge in [-0.3, -0.25) is 4.79 Å². The zero-order valence-electron chi connectivity index (χ0n) is 7.90. The molecule has 0 aromatic heterocycles. The summed E-state index contributed by atoms with van der Waals surface area (Å²) in [4.78, 5) is 21.6. The molecule has 5 nitrogen and oxygen atoms in total. The molecule has 1 aliphatic rings. The van der Waals surface area contributed by atoms with Gasteiger partial charge >= 0.3 is 5.97 Å². The van der Waals surface area contributed by atoms with Crippen molar-refractivity contribution in [3.63, 3.8) is 0 Å². The van der Waals surface area contributed by atoms with E-state index in [2.05, 4.69) is 5.32 Å². The predicted molar refractivity (Wildman–Crippen MR) is 48.6 cm³/mol. The maximum atomic E-state index is 11.4. The van der Waals surface area contributed by atoms with Crippen LogP contribution in [0.3, 0.4) is 0 Å². The van der Waals surface area contributed by atoms with E-state index in [9.17, 15) is 9.59 Å². The third-order valence-corrected chi connectivity index (χ3v) is 2.48. The number of hydrogen-bond donors (Lipinski definition) is 3. The molecule has 3 N–H and O–H groups in total. The second-order valence-corrected chi connectivity index (χ2v) is 3.58. The molecule has 0 aliphatic heterocycles. The molecule has 80 valence electrons. The van der Waals surface area contributed by atoms with E-state index in [-0.39, 0.29) is 18.4 Å². The molecule has 14 heavy (non-hydrogen) atoms. The number of carbonyl (C=O) groups is 2. The molecule has 1 fully saturated rings. The number of carboxylic acids is 1. The van der Waals surface area contributed by atoms with Gasteiger partial charge in [0.25, 0.3) is 0 Å². The highest BCUT2D eigenvalue weighted by Gasteiger charge is 2.23. The average molecular weight is 201 g/mol. The van der Waals surface area contributed by atoms with Crippen LogP contribution in [0.1, 0.15) is 25.7 Å². The topological polar surface area (TPSA) is 86.6 Å². The van der Waals surface area contributed by atoms with Gasteiger partial charge in [-0.05, 0) is 12.8 Å². The zero-order chi connectivity index (χ0) is 10.6. The number of nitrogens with one attached hydrogen (secondary N) is 1. The molecule has 0 spiro atoms. The van der Waals surface area contributed by atoms with Crippen molar-refractivity contribution >= 4 is 11.9 Å². The van der Waals surface area contributed by atoms with Gasteiger partial charge in [0.1, 0.15) is 0 Å². The van der Waals surface area contributed by atoms with Gasteiger partial charge in [0.05, 0.1) is 6.54 Å². The van der Waals surface area contributed by atoms with Crippen LogP contribution in [0.25, 0.3) is 0 Å². The number of aliphatic hydroxyl groups excluding tert-OH is 1. The summed E-state index contributed by atoms with van der Waals surface area (Å²) in [5, 5.41) is 19.7. The summed E-state index contributed by atoms with van der Waals surface area (Å²) in [6.45, 7) is -0.204. The molecule has 0 saturated heterocycles. The lowest BCUT2D eigenvalue weighted by Crippen LogP contribution is -2.38. The second-order valence-electron chi connectivity index (χ2n) is 3.58. The molecule has 0 radical (unpaired) electrons.